The summed E-state index contributed by atoms with van der Waals surface area (Å²) in [6.45, 7) is 4.82. The number of rotatable bonds is 7. The molecular weight excluding hydrogens is 254 g/mol. The molecule has 6 nitrogen and oxygen atoms in total. The van der Waals surface area contributed by atoms with Gasteiger partial charge in [-0.2, -0.15) is 5.10 Å². The number of hydrogen-bond donors (Lipinski definition) is 3. The van der Waals surface area contributed by atoms with E-state index in [1.54, 1.807) is 0 Å². The predicted molar refractivity (Wildman–Crippen MR) is 79.8 cm³/mol. The van der Waals surface area contributed by atoms with Crippen LogP contribution in [0.4, 0.5) is 11.4 Å². The van der Waals surface area contributed by atoms with E-state index in [0.29, 0.717) is 5.69 Å². The minimum absolute atomic E-state index is 0.110. The molecular formula is C14H21N5O. The smallest absolute Gasteiger partial charge is 0.144 e. The number of nitrogens with two attached hydrogens (primary N) is 1. The average molecular weight is 275 g/mol. The van der Waals surface area contributed by atoms with Crippen molar-refractivity contribution in [1.82, 2.24) is 15.2 Å². The van der Waals surface area contributed by atoms with Gasteiger partial charge in [-0.25, -0.2) is 4.98 Å². The van der Waals surface area contributed by atoms with Crippen LogP contribution >= 0.6 is 0 Å². The summed E-state index contributed by atoms with van der Waals surface area (Å²) < 4.78 is 5.66. The number of aromatic amines is 1. The van der Waals surface area contributed by atoms with Gasteiger partial charge in [0, 0.05) is 24.7 Å². The number of hydrogen-bond acceptors (Lipinski definition) is 5. The minimum atomic E-state index is 0.110. The summed E-state index contributed by atoms with van der Waals surface area (Å²) in [6, 6.07) is 5.75. The second-order valence-electron chi connectivity index (χ2n) is 4.88. The Balaban J connectivity index is 1.83. The van der Waals surface area contributed by atoms with Crippen LogP contribution in [0.5, 0.6) is 5.75 Å². The molecule has 0 saturated heterocycles. The van der Waals surface area contributed by atoms with Crippen molar-refractivity contribution in [3.8, 4) is 5.75 Å². The van der Waals surface area contributed by atoms with Gasteiger partial charge in [-0.15, -0.1) is 0 Å². The fraction of sp³-hybridized carbons (Fsp3) is 0.429. The molecule has 0 unspecified atom stereocenters. The third-order valence-corrected chi connectivity index (χ3v) is 2.76. The molecule has 2 aromatic rings. The van der Waals surface area contributed by atoms with Crippen LogP contribution in [0.2, 0.25) is 0 Å². The van der Waals surface area contributed by atoms with Crippen molar-refractivity contribution in [1.29, 1.82) is 0 Å². The normalized spacial score (nSPS) is 10.8. The number of anilines is 2. The van der Waals surface area contributed by atoms with E-state index in [2.05, 4.69) is 20.5 Å². The van der Waals surface area contributed by atoms with Crippen LogP contribution in [0.1, 0.15) is 26.1 Å². The maximum Gasteiger partial charge on any atom is 0.144 e. The van der Waals surface area contributed by atoms with Crippen LogP contribution in [-0.2, 0) is 6.42 Å². The Hall–Kier alpha value is -2.24. The molecule has 1 aromatic heterocycles. The van der Waals surface area contributed by atoms with Crippen molar-refractivity contribution < 1.29 is 4.74 Å². The fourth-order valence-electron chi connectivity index (χ4n) is 1.84. The van der Waals surface area contributed by atoms with E-state index in [-0.39, 0.29) is 6.10 Å². The Morgan fingerprint density at radius 2 is 2.25 bits per heavy atom. The Bertz CT molecular complexity index is 524. The molecule has 0 bridgehead atoms. The zero-order valence-electron chi connectivity index (χ0n) is 11.9. The number of nitrogens with one attached hydrogen (secondary N) is 2. The number of ether oxygens (including phenoxy) is 1. The number of H-pyrrole nitrogens is 1. The molecule has 0 saturated carbocycles. The molecule has 0 spiro atoms. The van der Waals surface area contributed by atoms with E-state index < -0.39 is 0 Å². The SMILES string of the molecule is CC(C)Oc1cc(NCCCc2ncn[nH]2)ccc1N. The summed E-state index contributed by atoms with van der Waals surface area (Å²) in [5.74, 6) is 1.63. The largest absolute Gasteiger partial charge is 0.489 e. The van der Waals surface area contributed by atoms with E-state index in [1.807, 2.05) is 32.0 Å². The highest BCUT2D eigenvalue weighted by Gasteiger charge is 2.04. The topological polar surface area (TPSA) is 88.8 Å². The lowest BCUT2D eigenvalue weighted by atomic mass is 10.2. The van der Waals surface area contributed by atoms with Gasteiger partial charge >= 0.3 is 0 Å². The molecule has 2 rings (SSSR count). The van der Waals surface area contributed by atoms with Gasteiger partial charge < -0.3 is 15.8 Å². The van der Waals surface area contributed by atoms with Crippen molar-refractivity contribution in [2.45, 2.75) is 32.8 Å². The van der Waals surface area contributed by atoms with E-state index in [4.69, 9.17) is 10.5 Å². The van der Waals surface area contributed by atoms with Gasteiger partial charge in [0.1, 0.15) is 17.9 Å². The molecule has 6 heteroatoms. The maximum atomic E-state index is 5.88. The van der Waals surface area contributed by atoms with E-state index in [1.165, 1.54) is 6.33 Å². The van der Waals surface area contributed by atoms with E-state index in [9.17, 15) is 0 Å². The van der Waals surface area contributed by atoms with E-state index >= 15 is 0 Å². The van der Waals surface area contributed by atoms with Crippen molar-refractivity contribution in [2.24, 2.45) is 0 Å². The Morgan fingerprint density at radius 3 is 2.95 bits per heavy atom. The Morgan fingerprint density at radius 1 is 1.40 bits per heavy atom. The Kier molecular flexibility index (Phi) is 4.81. The molecule has 0 radical (unpaired) electrons. The van der Waals surface area contributed by atoms with E-state index in [0.717, 1.165) is 36.6 Å². The van der Waals surface area contributed by atoms with Crippen LogP contribution < -0.4 is 15.8 Å². The first-order valence-corrected chi connectivity index (χ1v) is 6.79. The number of aromatic nitrogens is 3. The summed E-state index contributed by atoms with van der Waals surface area (Å²) in [5, 5.41) is 10.0. The molecule has 1 aromatic carbocycles. The van der Waals surface area contributed by atoms with Crippen LogP contribution in [0.25, 0.3) is 0 Å². The first kappa shape index (κ1) is 14.2. The zero-order valence-corrected chi connectivity index (χ0v) is 11.9. The Labute approximate surface area is 118 Å². The molecule has 1 heterocycles. The van der Waals surface area contributed by atoms with Gasteiger partial charge in [0.25, 0.3) is 0 Å². The van der Waals surface area contributed by atoms with Crippen molar-refractivity contribution in [2.75, 3.05) is 17.6 Å². The zero-order chi connectivity index (χ0) is 14.4. The lowest BCUT2D eigenvalue weighted by Crippen LogP contribution is -2.09. The van der Waals surface area contributed by atoms with Crippen LogP contribution in [-0.4, -0.2) is 27.8 Å². The minimum Gasteiger partial charge on any atom is -0.489 e. The summed E-state index contributed by atoms with van der Waals surface area (Å²) in [7, 11) is 0. The van der Waals surface area contributed by atoms with Gasteiger partial charge in [-0.3, -0.25) is 5.10 Å². The molecule has 0 aliphatic carbocycles. The number of nitrogens with zero attached hydrogens (tertiary/aromatic N) is 2. The molecule has 20 heavy (non-hydrogen) atoms. The van der Waals surface area contributed by atoms with Crippen LogP contribution in [0.15, 0.2) is 24.5 Å². The van der Waals surface area contributed by atoms with Crippen LogP contribution in [0.3, 0.4) is 0 Å². The highest BCUT2D eigenvalue weighted by molar-refractivity contribution is 5.61. The number of benzene rings is 1. The summed E-state index contributed by atoms with van der Waals surface area (Å²) in [5.41, 5.74) is 7.55. The third-order valence-electron chi connectivity index (χ3n) is 2.76. The fourth-order valence-corrected chi connectivity index (χ4v) is 1.84. The molecule has 0 amide bonds. The second kappa shape index (κ2) is 6.79. The van der Waals surface area contributed by atoms with Crippen molar-refractivity contribution in [3.05, 3.63) is 30.4 Å². The quantitative estimate of drug-likeness (QED) is 0.532. The van der Waals surface area contributed by atoms with Crippen LogP contribution in [0, 0.1) is 0 Å². The molecule has 0 aliphatic heterocycles. The molecule has 0 atom stereocenters. The van der Waals surface area contributed by atoms with Gasteiger partial charge in [0.05, 0.1) is 11.8 Å². The number of nitrogen functional groups attached to an aromatic ring is 1. The average Bonchev–Trinajstić information content (AvgIpc) is 2.91. The molecule has 0 fully saturated rings. The van der Waals surface area contributed by atoms with Crippen molar-refractivity contribution >= 4 is 11.4 Å². The first-order valence-electron chi connectivity index (χ1n) is 6.79. The van der Waals surface area contributed by atoms with Gasteiger partial charge in [0.2, 0.25) is 0 Å². The van der Waals surface area contributed by atoms with Gasteiger partial charge in [-0.1, -0.05) is 0 Å². The highest BCUT2D eigenvalue weighted by atomic mass is 16.5. The lowest BCUT2D eigenvalue weighted by molar-refractivity contribution is 0.244. The molecule has 4 N–H and O–H groups in total. The standard InChI is InChI=1S/C14H21N5O/c1-10(2)20-13-8-11(5-6-12(13)15)16-7-3-4-14-17-9-18-19-14/h5-6,8-10,16H,3-4,7,15H2,1-2H3,(H,17,18,19). The summed E-state index contributed by atoms with van der Waals surface area (Å²) >= 11 is 0. The highest BCUT2D eigenvalue weighted by Crippen LogP contribution is 2.26. The molecule has 0 aliphatic rings. The first-order chi connectivity index (χ1) is 9.65. The second-order valence-corrected chi connectivity index (χ2v) is 4.88. The van der Waals surface area contributed by atoms with Crippen molar-refractivity contribution in [3.63, 3.8) is 0 Å². The summed E-state index contributed by atoms with van der Waals surface area (Å²) in [6.07, 6.45) is 3.48. The lowest BCUT2D eigenvalue weighted by Gasteiger charge is -2.14. The van der Waals surface area contributed by atoms with Gasteiger partial charge in [0.15, 0.2) is 0 Å². The summed E-state index contributed by atoms with van der Waals surface area (Å²) in [4.78, 5) is 4.09. The predicted octanol–water partition coefficient (Wildman–Crippen LogP) is 2.22. The molecule has 108 valence electrons. The maximum absolute atomic E-state index is 5.88. The monoisotopic (exact) mass is 275 g/mol. The van der Waals surface area contributed by atoms with Gasteiger partial charge in [-0.05, 0) is 32.4 Å². The third kappa shape index (κ3) is 4.15. The number of aryl methyl sites for hydroxylation is 1.